The Morgan fingerprint density at radius 3 is 2.20 bits per heavy atom. The highest BCUT2D eigenvalue weighted by Gasteiger charge is 2.25. The fourth-order valence-corrected chi connectivity index (χ4v) is 3.74. The van der Waals surface area contributed by atoms with Crippen molar-refractivity contribution < 1.29 is 31.8 Å². The Hall–Kier alpha value is -3.64. The number of para-hydroxylation sites is 1. The zero-order chi connectivity index (χ0) is 32.7. The molecule has 0 aliphatic carbocycles. The van der Waals surface area contributed by atoms with Gasteiger partial charge in [0.05, 0.1) is 16.3 Å². The van der Waals surface area contributed by atoms with Crippen LogP contribution in [0.4, 0.5) is 0 Å². The van der Waals surface area contributed by atoms with E-state index in [0.717, 1.165) is 11.1 Å². The molecule has 0 heterocycles. The number of hydrogen-bond donors (Lipinski definition) is 3. The van der Waals surface area contributed by atoms with Crippen molar-refractivity contribution in [3.05, 3.63) is 101 Å². The molecule has 35 heavy (non-hydrogen) atoms. The van der Waals surface area contributed by atoms with Gasteiger partial charge in [-0.25, -0.2) is 0 Å². The molecule has 0 bridgehead atoms. The Labute approximate surface area is 220 Å². The lowest BCUT2D eigenvalue weighted by Crippen LogP contribution is -2.49. The maximum Gasteiger partial charge on any atom is 0.258 e. The fourth-order valence-electron chi connectivity index (χ4n) is 3.74. The highest BCUT2D eigenvalue weighted by Crippen LogP contribution is 2.22. The third-order valence-electron chi connectivity index (χ3n) is 5.44. The van der Waals surface area contributed by atoms with Gasteiger partial charge in [0.15, 0.2) is 6.61 Å². The number of amides is 2. The van der Waals surface area contributed by atoms with Crippen molar-refractivity contribution in [2.24, 2.45) is 0 Å². The van der Waals surface area contributed by atoms with Crippen molar-refractivity contribution in [1.82, 2.24) is 10.6 Å². The number of ether oxygens (including phenoxy) is 1. The fraction of sp³-hybridized carbons (Fsp3) is 0.310. The first-order valence-electron chi connectivity index (χ1n) is 15.7. The number of benzene rings is 3. The maximum absolute atomic E-state index is 13.2. The second-order valence-corrected chi connectivity index (χ2v) is 8.08. The van der Waals surface area contributed by atoms with Gasteiger partial charge in [0.1, 0.15) is 5.75 Å². The predicted molar refractivity (Wildman–Crippen MR) is 137 cm³/mol. The molecule has 3 atom stereocenters. The Balaban J connectivity index is 1.87. The molecule has 184 valence electrons. The summed E-state index contributed by atoms with van der Waals surface area (Å²) in [5.41, 5.74) is -0.0738. The van der Waals surface area contributed by atoms with Crippen molar-refractivity contribution in [3.8, 4) is 5.75 Å². The third-order valence-corrected chi connectivity index (χ3v) is 5.44. The first-order valence-corrected chi connectivity index (χ1v) is 11.2. The molecule has 3 aromatic carbocycles. The van der Waals surface area contributed by atoms with Gasteiger partial charge in [0.25, 0.3) is 5.91 Å². The number of carbonyl (C=O) groups excluding carboxylic acids is 2. The lowest BCUT2D eigenvalue weighted by atomic mass is 9.93. The summed E-state index contributed by atoms with van der Waals surface area (Å²) in [6.45, 7) is -7.07. The largest absolute Gasteiger partial charge is 0.483 e. The smallest absolute Gasteiger partial charge is 0.258 e. The summed E-state index contributed by atoms with van der Waals surface area (Å²) in [7, 11) is 0. The van der Waals surface area contributed by atoms with E-state index in [1.807, 2.05) is 30.3 Å². The Morgan fingerprint density at radius 2 is 1.63 bits per heavy atom. The number of carbonyl (C=O) groups is 2. The summed E-state index contributed by atoms with van der Waals surface area (Å²) in [6.07, 6.45) is 0.0214. The Kier molecular flexibility index (Phi) is 6.12. The predicted octanol–water partition coefficient (Wildman–Crippen LogP) is 3.52. The van der Waals surface area contributed by atoms with Gasteiger partial charge < -0.3 is 20.5 Å². The standard InChI is InChI=1S/C29H34N2O4/c1-21-10-9-11-22(2)29(21)35-19-28(34)31-26(17-24-14-7-4-8-15-24)27(33)18-25(30-20-32)16-23-12-5-3-6-13-23/h3-15,20,25-27,33H,16-19H2,1-2H3,(H,30,32)(H,31,34)/t25-,26-,27-/m0/s1/i1D3,2D3,9D,10D,11D. The molecule has 0 radical (unpaired) electrons. The highest BCUT2D eigenvalue weighted by molar-refractivity contribution is 5.78. The molecule has 0 saturated heterocycles. The molecule has 0 spiro atoms. The van der Waals surface area contributed by atoms with Gasteiger partial charge in [0.2, 0.25) is 6.41 Å². The van der Waals surface area contributed by atoms with Crippen LogP contribution in [0.25, 0.3) is 0 Å². The van der Waals surface area contributed by atoms with Gasteiger partial charge in [-0.05, 0) is 55.2 Å². The van der Waals surface area contributed by atoms with Gasteiger partial charge in [-0.15, -0.1) is 0 Å². The monoisotopic (exact) mass is 483 g/mol. The van der Waals surface area contributed by atoms with E-state index in [1.54, 1.807) is 30.3 Å². The lowest BCUT2D eigenvalue weighted by molar-refractivity contribution is -0.124. The second kappa shape index (κ2) is 13.3. The van der Waals surface area contributed by atoms with Crippen LogP contribution >= 0.6 is 0 Å². The van der Waals surface area contributed by atoms with Crippen LogP contribution in [0.5, 0.6) is 5.75 Å². The highest BCUT2D eigenvalue weighted by atomic mass is 16.5. The van der Waals surface area contributed by atoms with Crippen molar-refractivity contribution in [3.63, 3.8) is 0 Å². The first-order chi connectivity index (χ1) is 20.6. The van der Waals surface area contributed by atoms with Gasteiger partial charge >= 0.3 is 0 Å². The number of rotatable bonds is 13. The normalized spacial score (nSPS) is 17.8. The molecule has 0 aliphatic heterocycles. The van der Waals surface area contributed by atoms with Gasteiger partial charge in [-0.2, -0.15) is 0 Å². The van der Waals surface area contributed by atoms with Gasteiger partial charge in [0, 0.05) is 14.3 Å². The average Bonchev–Trinajstić information content (AvgIpc) is 2.94. The minimum atomic E-state index is -3.09. The quantitative estimate of drug-likeness (QED) is 0.325. The molecule has 3 aromatic rings. The molecule has 3 N–H and O–H groups in total. The second-order valence-electron chi connectivity index (χ2n) is 8.08. The van der Waals surface area contributed by atoms with E-state index in [0.29, 0.717) is 12.8 Å². The van der Waals surface area contributed by atoms with Crippen LogP contribution in [-0.4, -0.2) is 42.2 Å². The Bertz CT molecular complexity index is 1380. The zero-order valence-electron chi connectivity index (χ0n) is 28.1. The molecule has 6 nitrogen and oxygen atoms in total. The van der Waals surface area contributed by atoms with E-state index in [9.17, 15) is 14.7 Å². The summed E-state index contributed by atoms with van der Waals surface area (Å²) in [5, 5.41) is 16.6. The minimum Gasteiger partial charge on any atom is -0.483 e. The molecular weight excluding hydrogens is 440 g/mol. The van der Waals surface area contributed by atoms with Crippen molar-refractivity contribution in [1.29, 1.82) is 0 Å². The van der Waals surface area contributed by atoms with E-state index in [1.165, 1.54) is 0 Å². The topological polar surface area (TPSA) is 87.7 Å². The SMILES string of the molecule is [2H]c1c([2H])c(C([2H])([2H])[2H])c(OCC(=O)N[C@@H](Cc2ccccc2)[C@@H](O)C[C@H](Cc2ccccc2)NC=O)c(C([2H])([2H])[2H])c1[2H]. The van der Waals surface area contributed by atoms with Gasteiger partial charge in [-0.1, -0.05) is 78.8 Å². The van der Waals surface area contributed by atoms with Crippen molar-refractivity contribution in [2.75, 3.05) is 6.61 Å². The summed E-state index contributed by atoms with van der Waals surface area (Å²) in [6, 6.07) is 14.2. The van der Waals surface area contributed by atoms with Gasteiger partial charge in [-0.3, -0.25) is 9.59 Å². The maximum atomic E-state index is 13.2. The molecule has 0 aliphatic rings. The number of aliphatic hydroxyl groups excluding tert-OH is 1. The van der Waals surface area contributed by atoms with Crippen LogP contribution in [0.3, 0.4) is 0 Å². The molecular formula is C29H34N2O4. The van der Waals surface area contributed by atoms with Crippen LogP contribution in [0.2, 0.25) is 0 Å². The molecule has 0 fully saturated rings. The zero-order valence-corrected chi connectivity index (χ0v) is 19.1. The molecule has 0 aromatic heterocycles. The van der Waals surface area contributed by atoms with E-state index in [4.69, 9.17) is 17.1 Å². The Morgan fingerprint density at radius 1 is 1.03 bits per heavy atom. The van der Waals surface area contributed by atoms with E-state index >= 15 is 0 Å². The van der Waals surface area contributed by atoms with Crippen LogP contribution in [0, 0.1) is 13.7 Å². The van der Waals surface area contributed by atoms with Crippen LogP contribution in [0.15, 0.2) is 78.8 Å². The summed E-state index contributed by atoms with van der Waals surface area (Å²) < 4.78 is 76.5. The first kappa shape index (κ1) is 16.1. The molecule has 0 saturated carbocycles. The average molecular weight is 484 g/mol. The minimum absolute atomic E-state index is 0.0635. The van der Waals surface area contributed by atoms with E-state index in [-0.39, 0.29) is 12.8 Å². The van der Waals surface area contributed by atoms with E-state index < -0.39 is 79.4 Å². The van der Waals surface area contributed by atoms with E-state index in [2.05, 4.69) is 10.6 Å². The number of nitrogens with one attached hydrogen (secondary N) is 2. The number of aliphatic hydroxyl groups is 1. The molecule has 6 heteroatoms. The molecule has 0 unspecified atom stereocenters. The van der Waals surface area contributed by atoms with Crippen LogP contribution in [-0.2, 0) is 22.4 Å². The molecule has 3 rings (SSSR count). The summed E-state index contributed by atoms with van der Waals surface area (Å²) in [5.74, 6) is -1.68. The molecule has 2 amide bonds. The van der Waals surface area contributed by atoms with Crippen molar-refractivity contribution in [2.45, 2.75) is 51.2 Å². The van der Waals surface area contributed by atoms with Crippen molar-refractivity contribution >= 4 is 12.3 Å². The summed E-state index contributed by atoms with van der Waals surface area (Å²) >= 11 is 0. The number of hydrogen-bond acceptors (Lipinski definition) is 4. The van der Waals surface area contributed by atoms with Crippen LogP contribution in [0.1, 0.15) is 41.0 Å². The third kappa shape index (κ3) is 8.26. The summed E-state index contributed by atoms with van der Waals surface area (Å²) in [4.78, 5) is 24.5. The lowest BCUT2D eigenvalue weighted by Gasteiger charge is -2.28. The van der Waals surface area contributed by atoms with Crippen LogP contribution < -0.4 is 15.4 Å².